The average Bonchev–Trinajstić information content (AvgIpc) is 3.51. The lowest BCUT2D eigenvalue weighted by atomic mass is 10.2. The zero-order valence-electron chi connectivity index (χ0n) is 16.4. The molecule has 1 fully saturated rings. The highest BCUT2D eigenvalue weighted by Crippen LogP contribution is 2.28. The number of aliphatic imine (C=N–C) groups is 1. The highest BCUT2D eigenvalue weighted by Gasteiger charge is 2.21. The average molecular weight is 386 g/mol. The van der Waals surface area contributed by atoms with Crippen molar-refractivity contribution >= 4 is 5.96 Å². The summed E-state index contributed by atoms with van der Waals surface area (Å²) in [5.74, 6) is 2.03. The number of halogens is 1. The summed E-state index contributed by atoms with van der Waals surface area (Å²) in [6, 6.07) is 9.77. The van der Waals surface area contributed by atoms with Crippen LogP contribution in [0.1, 0.15) is 18.4 Å². The molecule has 1 aliphatic rings. The quantitative estimate of drug-likeness (QED) is 0.406. The predicted molar refractivity (Wildman–Crippen MR) is 107 cm³/mol. The number of rotatable bonds is 9. The highest BCUT2D eigenvalue weighted by atomic mass is 19.1. The van der Waals surface area contributed by atoms with Gasteiger partial charge < -0.3 is 19.7 Å². The van der Waals surface area contributed by atoms with Crippen molar-refractivity contribution in [3.63, 3.8) is 0 Å². The van der Waals surface area contributed by atoms with Gasteiger partial charge in [-0.2, -0.15) is 0 Å². The fourth-order valence-corrected chi connectivity index (χ4v) is 2.69. The van der Waals surface area contributed by atoms with Crippen LogP contribution in [0, 0.1) is 11.7 Å². The van der Waals surface area contributed by atoms with Gasteiger partial charge in [-0.1, -0.05) is 12.1 Å². The Hall–Kier alpha value is -2.67. The fourth-order valence-electron chi connectivity index (χ4n) is 2.69. The maximum Gasteiger partial charge on any atom is 0.224 e. The normalized spacial score (nSPS) is 14.0. The summed E-state index contributed by atoms with van der Waals surface area (Å²) in [6.45, 7) is 2.77. The molecule has 2 aromatic rings. The van der Waals surface area contributed by atoms with Gasteiger partial charge in [-0.05, 0) is 37.0 Å². The molecule has 1 aliphatic carbocycles. The number of hydrogen-bond donors (Lipinski definition) is 1. The van der Waals surface area contributed by atoms with Gasteiger partial charge in [0.15, 0.2) is 5.96 Å². The molecule has 0 bridgehead atoms. The first-order chi connectivity index (χ1) is 13.7. The van der Waals surface area contributed by atoms with Crippen molar-refractivity contribution in [2.45, 2.75) is 19.4 Å². The summed E-state index contributed by atoms with van der Waals surface area (Å²) in [7, 11) is 3.72. The van der Waals surface area contributed by atoms with E-state index < -0.39 is 0 Å². The number of likely N-dealkylation sites (N-methyl/N-ethyl adjacent to an activating group) is 1. The summed E-state index contributed by atoms with van der Waals surface area (Å²) >= 11 is 0. The van der Waals surface area contributed by atoms with E-state index in [4.69, 9.17) is 9.47 Å². The lowest BCUT2D eigenvalue weighted by Gasteiger charge is -2.22. The van der Waals surface area contributed by atoms with Crippen LogP contribution >= 0.6 is 0 Å². The molecule has 0 aliphatic heterocycles. The molecular weight excluding hydrogens is 359 g/mol. The number of hydrogen-bond acceptors (Lipinski definition) is 4. The summed E-state index contributed by atoms with van der Waals surface area (Å²) in [5.41, 5.74) is 0.853. The monoisotopic (exact) mass is 386 g/mol. The summed E-state index contributed by atoms with van der Waals surface area (Å²) in [5, 5.41) is 3.31. The van der Waals surface area contributed by atoms with Crippen molar-refractivity contribution in [1.29, 1.82) is 0 Å². The first-order valence-corrected chi connectivity index (χ1v) is 9.52. The molecule has 150 valence electrons. The van der Waals surface area contributed by atoms with Crippen LogP contribution in [-0.2, 0) is 11.3 Å². The maximum absolute atomic E-state index is 13.4. The number of pyridine rings is 1. The number of ether oxygens (including phenoxy) is 2. The van der Waals surface area contributed by atoms with Crippen molar-refractivity contribution in [3.8, 4) is 11.6 Å². The molecule has 1 aromatic carbocycles. The van der Waals surface area contributed by atoms with Crippen molar-refractivity contribution in [3.05, 3.63) is 54.0 Å². The van der Waals surface area contributed by atoms with Gasteiger partial charge in [0, 0.05) is 51.6 Å². The zero-order valence-corrected chi connectivity index (χ0v) is 16.4. The molecule has 0 saturated heterocycles. The number of aromatic nitrogens is 1. The van der Waals surface area contributed by atoms with Crippen LogP contribution in [0.3, 0.4) is 0 Å². The Balaban J connectivity index is 1.53. The number of benzene rings is 1. The predicted octanol–water partition coefficient (Wildman–Crippen LogP) is 3.45. The molecule has 3 rings (SSSR count). The Morgan fingerprint density at radius 3 is 2.93 bits per heavy atom. The Kier molecular flexibility index (Phi) is 7.19. The minimum Gasteiger partial charge on any atom is -0.439 e. The van der Waals surface area contributed by atoms with Gasteiger partial charge in [-0.3, -0.25) is 4.99 Å². The largest absolute Gasteiger partial charge is 0.439 e. The Morgan fingerprint density at radius 2 is 2.18 bits per heavy atom. The summed E-state index contributed by atoms with van der Waals surface area (Å²) in [6.07, 6.45) is 4.24. The molecule has 28 heavy (non-hydrogen) atoms. The molecule has 0 unspecified atom stereocenters. The number of guanidine groups is 1. The minimum absolute atomic E-state index is 0.348. The fraction of sp³-hybridized carbons (Fsp3) is 0.429. The second-order valence-electron chi connectivity index (χ2n) is 6.87. The van der Waals surface area contributed by atoms with E-state index in [0.717, 1.165) is 30.6 Å². The lowest BCUT2D eigenvalue weighted by molar-refractivity contribution is 0.115. The second kappa shape index (κ2) is 10.0. The van der Waals surface area contributed by atoms with E-state index in [-0.39, 0.29) is 5.82 Å². The van der Waals surface area contributed by atoms with Gasteiger partial charge in [-0.15, -0.1) is 0 Å². The molecule has 0 amide bonds. The van der Waals surface area contributed by atoms with Gasteiger partial charge in [-0.25, -0.2) is 9.37 Å². The second-order valence-corrected chi connectivity index (χ2v) is 6.87. The third kappa shape index (κ3) is 6.20. The van der Waals surface area contributed by atoms with E-state index in [2.05, 4.69) is 15.3 Å². The van der Waals surface area contributed by atoms with Crippen molar-refractivity contribution in [1.82, 2.24) is 15.2 Å². The van der Waals surface area contributed by atoms with E-state index in [1.807, 2.05) is 24.1 Å². The Morgan fingerprint density at radius 1 is 1.32 bits per heavy atom. The van der Waals surface area contributed by atoms with Gasteiger partial charge >= 0.3 is 0 Å². The molecule has 1 aromatic heterocycles. The molecule has 6 nitrogen and oxygen atoms in total. The molecular formula is C21H27FN4O2. The summed E-state index contributed by atoms with van der Waals surface area (Å²) in [4.78, 5) is 10.6. The van der Waals surface area contributed by atoms with Crippen molar-refractivity contribution < 1.29 is 13.9 Å². The van der Waals surface area contributed by atoms with Crippen molar-refractivity contribution in [2.24, 2.45) is 10.9 Å². The molecule has 1 saturated carbocycles. The van der Waals surface area contributed by atoms with Crippen LogP contribution in [0.5, 0.6) is 11.6 Å². The third-order valence-corrected chi connectivity index (χ3v) is 4.49. The van der Waals surface area contributed by atoms with Crippen LogP contribution < -0.4 is 10.1 Å². The topological polar surface area (TPSA) is 59.0 Å². The van der Waals surface area contributed by atoms with Gasteiger partial charge in [0.2, 0.25) is 5.88 Å². The Labute approximate surface area is 165 Å². The molecule has 1 heterocycles. The highest BCUT2D eigenvalue weighted by molar-refractivity contribution is 5.79. The molecule has 0 radical (unpaired) electrons. The molecule has 0 atom stereocenters. The number of nitrogens with one attached hydrogen (secondary N) is 1. The standard InChI is InChI=1S/C21H27FN4O2/c1-23-21(26(2)11-12-27-15-16-8-9-16)25-14-17-5-4-10-24-20(17)28-19-7-3-6-18(22)13-19/h3-7,10,13,16H,8-9,11-12,14-15H2,1-2H3,(H,23,25). The minimum atomic E-state index is -0.348. The van der Waals surface area contributed by atoms with Crippen LogP contribution in [0.15, 0.2) is 47.6 Å². The molecule has 7 heteroatoms. The summed E-state index contributed by atoms with van der Waals surface area (Å²) < 4.78 is 24.8. The van der Waals surface area contributed by atoms with Crippen LogP contribution in [0.2, 0.25) is 0 Å². The van der Waals surface area contributed by atoms with Crippen LogP contribution in [-0.4, -0.2) is 49.7 Å². The van der Waals surface area contributed by atoms with Gasteiger partial charge in [0.1, 0.15) is 11.6 Å². The maximum atomic E-state index is 13.4. The van der Waals surface area contributed by atoms with E-state index in [1.54, 1.807) is 25.4 Å². The third-order valence-electron chi connectivity index (χ3n) is 4.49. The zero-order chi connectivity index (χ0) is 19.8. The van der Waals surface area contributed by atoms with Crippen molar-refractivity contribution in [2.75, 3.05) is 33.9 Å². The van der Waals surface area contributed by atoms with Gasteiger partial charge in [0.25, 0.3) is 0 Å². The smallest absolute Gasteiger partial charge is 0.224 e. The van der Waals surface area contributed by atoms with E-state index in [9.17, 15) is 4.39 Å². The van der Waals surface area contributed by atoms with Gasteiger partial charge in [0.05, 0.1) is 6.61 Å². The first kappa shape index (κ1) is 20.1. The molecule has 0 spiro atoms. The lowest BCUT2D eigenvalue weighted by Crippen LogP contribution is -2.40. The first-order valence-electron chi connectivity index (χ1n) is 9.52. The van der Waals surface area contributed by atoms with E-state index in [0.29, 0.717) is 24.8 Å². The Bertz CT molecular complexity index is 795. The van der Waals surface area contributed by atoms with Crippen LogP contribution in [0.4, 0.5) is 4.39 Å². The number of nitrogens with zero attached hydrogens (tertiary/aromatic N) is 3. The van der Waals surface area contributed by atoms with Crippen LogP contribution in [0.25, 0.3) is 0 Å². The molecule has 1 N–H and O–H groups in total. The van der Waals surface area contributed by atoms with E-state index >= 15 is 0 Å². The SMILES string of the molecule is CN=C(NCc1cccnc1Oc1cccc(F)c1)N(C)CCOCC1CC1. The van der Waals surface area contributed by atoms with E-state index in [1.165, 1.54) is 25.0 Å².